The van der Waals surface area contributed by atoms with Gasteiger partial charge in [-0.1, -0.05) is 29.3 Å². The van der Waals surface area contributed by atoms with E-state index in [0.717, 1.165) is 25.3 Å². The Kier molecular flexibility index (Phi) is 7.74. The van der Waals surface area contributed by atoms with Gasteiger partial charge in [-0.2, -0.15) is 0 Å². The zero-order chi connectivity index (χ0) is 18.8. The fourth-order valence-electron chi connectivity index (χ4n) is 2.69. The number of furan rings is 1. The minimum Gasteiger partial charge on any atom is -0.467 e. The number of aliphatic imine (C=N–C) groups is 1. The highest BCUT2D eigenvalue weighted by Gasteiger charge is 2.04. The van der Waals surface area contributed by atoms with Gasteiger partial charge in [0.25, 0.3) is 0 Å². The summed E-state index contributed by atoms with van der Waals surface area (Å²) in [4.78, 5) is 16.2. The second kappa shape index (κ2) is 10.3. The van der Waals surface area contributed by atoms with Crippen LogP contribution in [0.3, 0.4) is 0 Å². The topological polar surface area (TPSA) is 78.7 Å². The average Bonchev–Trinajstić information content (AvgIpc) is 3.10. The third-order valence-electron chi connectivity index (χ3n) is 3.75. The Balaban J connectivity index is 1.78. The van der Waals surface area contributed by atoms with Crippen LogP contribution < -0.4 is 16.0 Å². The van der Waals surface area contributed by atoms with Gasteiger partial charge in [0, 0.05) is 13.1 Å². The van der Waals surface area contributed by atoms with Gasteiger partial charge >= 0.3 is 0 Å². The Morgan fingerprint density at radius 3 is 2.54 bits per heavy atom. The van der Waals surface area contributed by atoms with Crippen LogP contribution in [0.4, 0.5) is 0 Å². The lowest BCUT2D eigenvalue weighted by Gasteiger charge is -2.12. The molecule has 26 heavy (non-hydrogen) atoms. The summed E-state index contributed by atoms with van der Waals surface area (Å²) < 4.78 is 5.18. The van der Waals surface area contributed by atoms with E-state index < -0.39 is 0 Å². The normalized spacial score (nSPS) is 11.3. The predicted molar refractivity (Wildman–Crippen MR) is 104 cm³/mol. The van der Waals surface area contributed by atoms with Crippen LogP contribution in [0.25, 0.3) is 0 Å². The third kappa shape index (κ3) is 7.01. The van der Waals surface area contributed by atoms with Crippen molar-refractivity contribution >= 4 is 11.9 Å². The van der Waals surface area contributed by atoms with Crippen LogP contribution in [0.2, 0.25) is 0 Å². The molecule has 0 aliphatic heterocycles. The quantitative estimate of drug-likeness (QED) is 0.501. The highest BCUT2D eigenvalue weighted by atomic mass is 16.3. The molecule has 0 saturated heterocycles. The van der Waals surface area contributed by atoms with Crippen LogP contribution in [0.5, 0.6) is 0 Å². The second-order valence-corrected chi connectivity index (χ2v) is 6.22. The predicted octanol–water partition coefficient (Wildman–Crippen LogP) is 2.31. The lowest BCUT2D eigenvalue weighted by Crippen LogP contribution is -2.39. The number of guanidine groups is 1. The molecule has 1 aromatic carbocycles. The first-order valence-electron chi connectivity index (χ1n) is 8.95. The number of rotatable bonds is 8. The van der Waals surface area contributed by atoms with Gasteiger partial charge < -0.3 is 20.4 Å². The van der Waals surface area contributed by atoms with Gasteiger partial charge in [0.2, 0.25) is 5.91 Å². The fraction of sp³-hybridized carbons (Fsp3) is 0.400. The molecule has 0 radical (unpaired) electrons. The zero-order valence-electron chi connectivity index (χ0n) is 15.8. The molecule has 140 valence electrons. The molecule has 6 nitrogen and oxygen atoms in total. The Bertz CT molecular complexity index is 703. The summed E-state index contributed by atoms with van der Waals surface area (Å²) in [7, 11) is 0. The maximum Gasteiger partial charge on any atom is 0.242 e. The highest BCUT2D eigenvalue weighted by Crippen LogP contribution is 2.08. The van der Waals surface area contributed by atoms with Crippen LogP contribution >= 0.6 is 0 Å². The number of hydrogen-bond donors (Lipinski definition) is 3. The van der Waals surface area contributed by atoms with Gasteiger partial charge in [0.05, 0.1) is 12.8 Å². The van der Waals surface area contributed by atoms with E-state index in [9.17, 15) is 4.79 Å². The fourth-order valence-corrected chi connectivity index (χ4v) is 2.69. The number of nitrogens with zero attached hydrogens (tertiary/aromatic N) is 1. The van der Waals surface area contributed by atoms with Gasteiger partial charge in [-0.3, -0.25) is 4.79 Å². The van der Waals surface area contributed by atoms with Crippen molar-refractivity contribution in [3.05, 3.63) is 59.0 Å². The van der Waals surface area contributed by atoms with Gasteiger partial charge in [-0.15, -0.1) is 0 Å². The van der Waals surface area contributed by atoms with Crippen molar-refractivity contribution < 1.29 is 9.21 Å². The van der Waals surface area contributed by atoms with E-state index in [4.69, 9.17) is 4.42 Å². The van der Waals surface area contributed by atoms with E-state index in [1.54, 1.807) is 12.3 Å². The Morgan fingerprint density at radius 1 is 1.12 bits per heavy atom. The maximum atomic E-state index is 11.9. The van der Waals surface area contributed by atoms with Gasteiger partial charge in [0.1, 0.15) is 12.3 Å². The largest absolute Gasteiger partial charge is 0.467 e. The Hall–Kier alpha value is -2.76. The third-order valence-corrected chi connectivity index (χ3v) is 3.75. The highest BCUT2D eigenvalue weighted by molar-refractivity contribution is 5.84. The summed E-state index contributed by atoms with van der Waals surface area (Å²) in [5, 5.41) is 9.21. The number of carbonyl (C=O) groups is 1. The summed E-state index contributed by atoms with van der Waals surface area (Å²) >= 11 is 0. The molecule has 0 aliphatic rings. The van der Waals surface area contributed by atoms with Crippen LogP contribution in [0.1, 0.15) is 29.4 Å². The monoisotopic (exact) mass is 356 g/mol. The van der Waals surface area contributed by atoms with Crippen LogP contribution in [-0.2, 0) is 17.8 Å². The second-order valence-electron chi connectivity index (χ2n) is 6.22. The molecule has 0 aliphatic carbocycles. The summed E-state index contributed by atoms with van der Waals surface area (Å²) in [6, 6.07) is 10.2. The van der Waals surface area contributed by atoms with Crippen LogP contribution in [0.15, 0.2) is 46.0 Å². The van der Waals surface area contributed by atoms with E-state index in [1.165, 1.54) is 16.7 Å². The average molecular weight is 356 g/mol. The van der Waals surface area contributed by atoms with Crippen molar-refractivity contribution in [2.24, 2.45) is 4.99 Å². The van der Waals surface area contributed by atoms with E-state index in [0.29, 0.717) is 12.5 Å². The van der Waals surface area contributed by atoms with E-state index in [2.05, 4.69) is 53.0 Å². The van der Waals surface area contributed by atoms with Crippen molar-refractivity contribution in [2.45, 2.75) is 33.7 Å². The van der Waals surface area contributed by atoms with Crippen molar-refractivity contribution in [1.82, 2.24) is 16.0 Å². The molecule has 1 amide bonds. The first-order chi connectivity index (χ1) is 12.6. The molecule has 2 aromatic rings. The van der Waals surface area contributed by atoms with Gasteiger partial charge in [0.15, 0.2) is 5.96 Å². The lowest BCUT2D eigenvalue weighted by atomic mass is 10.1. The van der Waals surface area contributed by atoms with Crippen LogP contribution in [0, 0.1) is 13.8 Å². The lowest BCUT2D eigenvalue weighted by molar-refractivity contribution is -0.119. The number of nitrogens with one attached hydrogen (secondary N) is 3. The summed E-state index contributed by atoms with van der Waals surface area (Å²) in [5.41, 5.74) is 3.84. The molecule has 0 bridgehead atoms. The molecule has 3 N–H and O–H groups in total. The number of aryl methyl sites for hydroxylation is 2. The van der Waals surface area contributed by atoms with Gasteiger partial charge in [-0.25, -0.2) is 4.99 Å². The molecule has 0 atom stereocenters. The number of hydrogen-bond acceptors (Lipinski definition) is 3. The van der Waals surface area contributed by atoms with Crippen LogP contribution in [-0.4, -0.2) is 31.5 Å². The van der Waals surface area contributed by atoms with Crippen molar-refractivity contribution in [1.29, 1.82) is 0 Å². The number of carbonyl (C=O) groups excluding carboxylic acids is 1. The van der Waals surface area contributed by atoms with Crippen molar-refractivity contribution in [3.8, 4) is 0 Å². The van der Waals surface area contributed by atoms with E-state index in [-0.39, 0.29) is 12.5 Å². The summed E-state index contributed by atoms with van der Waals surface area (Å²) in [5.74, 6) is 1.22. The molecule has 0 unspecified atom stereocenters. The Morgan fingerprint density at radius 2 is 1.88 bits per heavy atom. The molecular formula is C20H28N4O2. The van der Waals surface area contributed by atoms with E-state index in [1.807, 2.05) is 13.0 Å². The SMILES string of the molecule is CCNC(=NCC(=O)NCc1ccco1)NCCc1cc(C)cc(C)c1. The maximum absolute atomic E-state index is 11.9. The first-order valence-corrected chi connectivity index (χ1v) is 8.95. The zero-order valence-corrected chi connectivity index (χ0v) is 15.8. The molecule has 0 fully saturated rings. The standard InChI is InChI=1S/C20H28N4O2/c1-4-21-20(22-8-7-17-11-15(2)10-16(3)12-17)24-14-19(25)23-13-18-6-5-9-26-18/h5-6,9-12H,4,7-8,13-14H2,1-3H3,(H,23,25)(H2,21,22,24). The number of amides is 1. The van der Waals surface area contributed by atoms with Crippen molar-refractivity contribution in [2.75, 3.05) is 19.6 Å². The van der Waals surface area contributed by atoms with Crippen molar-refractivity contribution in [3.63, 3.8) is 0 Å². The van der Waals surface area contributed by atoms with Gasteiger partial charge in [-0.05, 0) is 44.9 Å². The first kappa shape index (κ1) is 19.6. The molecule has 1 heterocycles. The van der Waals surface area contributed by atoms with E-state index >= 15 is 0 Å². The molecule has 1 aromatic heterocycles. The Labute approximate surface area is 155 Å². The minimum atomic E-state index is -0.145. The summed E-state index contributed by atoms with van der Waals surface area (Å²) in [6.45, 7) is 8.15. The molecule has 6 heteroatoms. The molecule has 2 rings (SSSR count). The molecule has 0 spiro atoms. The summed E-state index contributed by atoms with van der Waals surface area (Å²) in [6.07, 6.45) is 2.49. The molecule has 0 saturated carbocycles. The number of benzene rings is 1. The molecular weight excluding hydrogens is 328 g/mol. The minimum absolute atomic E-state index is 0.0690. The smallest absolute Gasteiger partial charge is 0.242 e.